The summed E-state index contributed by atoms with van der Waals surface area (Å²) >= 11 is 9.50. The van der Waals surface area contributed by atoms with Gasteiger partial charge in [0.1, 0.15) is 11.5 Å². The van der Waals surface area contributed by atoms with E-state index < -0.39 is 0 Å². The van der Waals surface area contributed by atoms with E-state index in [9.17, 15) is 0 Å². The molecular formula is C14H13BrClNO. The molecule has 2 aromatic carbocycles. The standard InChI is InChI=1S/C14H13BrClNO/c1-9-2-3-10(8-17)6-13(9)18-14-7-11(15)4-5-12(14)16/h2-7H,8,17H2,1H3. The summed E-state index contributed by atoms with van der Waals surface area (Å²) in [6, 6.07) is 11.4. The van der Waals surface area contributed by atoms with E-state index in [0.717, 1.165) is 21.3 Å². The molecule has 0 saturated carbocycles. The molecule has 0 aliphatic carbocycles. The summed E-state index contributed by atoms with van der Waals surface area (Å²) in [6.45, 7) is 2.48. The molecule has 94 valence electrons. The number of hydrogen-bond acceptors (Lipinski definition) is 2. The minimum absolute atomic E-state index is 0.489. The maximum Gasteiger partial charge on any atom is 0.147 e. The van der Waals surface area contributed by atoms with Crippen LogP contribution < -0.4 is 10.5 Å². The monoisotopic (exact) mass is 325 g/mol. The van der Waals surface area contributed by atoms with Gasteiger partial charge in [-0.05, 0) is 42.3 Å². The number of rotatable bonds is 3. The van der Waals surface area contributed by atoms with Crippen LogP contribution in [0.5, 0.6) is 11.5 Å². The van der Waals surface area contributed by atoms with Crippen molar-refractivity contribution in [3.05, 3.63) is 57.0 Å². The van der Waals surface area contributed by atoms with Crippen LogP contribution in [0.15, 0.2) is 40.9 Å². The number of benzene rings is 2. The minimum Gasteiger partial charge on any atom is -0.455 e. The highest BCUT2D eigenvalue weighted by atomic mass is 79.9. The van der Waals surface area contributed by atoms with Gasteiger partial charge in [-0.1, -0.05) is 39.7 Å². The second-order valence-corrected chi connectivity index (χ2v) is 5.30. The van der Waals surface area contributed by atoms with Gasteiger partial charge in [0.2, 0.25) is 0 Å². The van der Waals surface area contributed by atoms with Crippen LogP contribution in [-0.4, -0.2) is 0 Å². The maximum atomic E-state index is 6.10. The van der Waals surface area contributed by atoms with E-state index in [2.05, 4.69) is 15.9 Å². The summed E-state index contributed by atoms with van der Waals surface area (Å²) in [6.07, 6.45) is 0. The van der Waals surface area contributed by atoms with Crippen LogP contribution in [0.3, 0.4) is 0 Å². The molecule has 0 bridgehead atoms. The molecule has 0 unspecified atom stereocenters. The van der Waals surface area contributed by atoms with Gasteiger partial charge in [-0.25, -0.2) is 0 Å². The molecule has 0 radical (unpaired) electrons. The summed E-state index contributed by atoms with van der Waals surface area (Å²) in [5.41, 5.74) is 7.70. The zero-order valence-corrected chi connectivity index (χ0v) is 12.3. The number of halogens is 2. The Kier molecular flexibility index (Phi) is 4.27. The first-order valence-corrected chi connectivity index (χ1v) is 6.70. The van der Waals surface area contributed by atoms with Crippen LogP contribution in [-0.2, 0) is 6.54 Å². The molecule has 2 aromatic rings. The van der Waals surface area contributed by atoms with Crippen molar-refractivity contribution >= 4 is 27.5 Å². The molecule has 2 rings (SSSR count). The summed E-state index contributed by atoms with van der Waals surface area (Å²) in [7, 11) is 0. The van der Waals surface area contributed by atoms with Crippen LogP contribution in [0.2, 0.25) is 5.02 Å². The maximum absolute atomic E-state index is 6.10. The van der Waals surface area contributed by atoms with Crippen LogP contribution in [0.4, 0.5) is 0 Å². The van der Waals surface area contributed by atoms with Gasteiger partial charge in [0.15, 0.2) is 0 Å². The highest BCUT2D eigenvalue weighted by Gasteiger charge is 2.07. The number of hydrogen-bond donors (Lipinski definition) is 1. The quantitative estimate of drug-likeness (QED) is 0.890. The average Bonchev–Trinajstić information content (AvgIpc) is 2.36. The first-order valence-electron chi connectivity index (χ1n) is 5.52. The SMILES string of the molecule is Cc1ccc(CN)cc1Oc1cc(Br)ccc1Cl. The van der Waals surface area contributed by atoms with Gasteiger partial charge >= 0.3 is 0 Å². The Balaban J connectivity index is 2.36. The molecule has 0 fully saturated rings. The molecule has 0 atom stereocenters. The molecule has 0 heterocycles. The Hall–Kier alpha value is -1.03. The van der Waals surface area contributed by atoms with E-state index in [1.54, 1.807) is 6.07 Å². The van der Waals surface area contributed by atoms with Crippen LogP contribution in [0.1, 0.15) is 11.1 Å². The molecule has 0 saturated heterocycles. The fraction of sp³-hybridized carbons (Fsp3) is 0.143. The van der Waals surface area contributed by atoms with E-state index in [0.29, 0.717) is 17.3 Å². The van der Waals surface area contributed by atoms with Gasteiger partial charge < -0.3 is 10.5 Å². The molecule has 0 aliphatic heterocycles. The highest BCUT2D eigenvalue weighted by molar-refractivity contribution is 9.10. The predicted octanol–water partition coefficient (Wildman–Crippen LogP) is 4.66. The molecule has 18 heavy (non-hydrogen) atoms. The van der Waals surface area contributed by atoms with E-state index >= 15 is 0 Å². The molecule has 2 N–H and O–H groups in total. The lowest BCUT2D eigenvalue weighted by molar-refractivity contribution is 0.478. The zero-order valence-electron chi connectivity index (χ0n) is 9.91. The third-order valence-corrected chi connectivity index (χ3v) is 3.41. The van der Waals surface area contributed by atoms with Gasteiger partial charge in [0.05, 0.1) is 5.02 Å². The van der Waals surface area contributed by atoms with E-state index in [4.69, 9.17) is 22.1 Å². The number of nitrogens with two attached hydrogens (primary N) is 1. The van der Waals surface area contributed by atoms with Crippen molar-refractivity contribution in [2.24, 2.45) is 5.73 Å². The van der Waals surface area contributed by atoms with Gasteiger partial charge in [0, 0.05) is 11.0 Å². The van der Waals surface area contributed by atoms with Crippen molar-refractivity contribution in [2.75, 3.05) is 0 Å². The van der Waals surface area contributed by atoms with Crippen molar-refractivity contribution in [2.45, 2.75) is 13.5 Å². The summed E-state index contributed by atoms with van der Waals surface area (Å²) in [4.78, 5) is 0. The molecule has 0 aliphatic rings. The normalized spacial score (nSPS) is 10.4. The van der Waals surface area contributed by atoms with Gasteiger partial charge in [0.25, 0.3) is 0 Å². The molecule has 0 amide bonds. The fourth-order valence-electron chi connectivity index (χ4n) is 1.56. The lowest BCUT2D eigenvalue weighted by Crippen LogP contribution is -1.97. The fourth-order valence-corrected chi connectivity index (χ4v) is 2.05. The average molecular weight is 327 g/mol. The third-order valence-electron chi connectivity index (χ3n) is 2.60. The molecule has 4 heteroatoms. The Morgan fingerprint density at radius 1 is 1.17 bits per heavy atom. The van der Waals surface area contributed by atoms with Crippen LogP contribution in [0, 0.1) is 6.92 Å². The first kappa shape index (κ1) is 13.4. The van der Waals surface area contributed by atoms with Crippen molar-refractivity contribution in [3.63, 3.8) is 0 Å². The first-order chi connectivity index (χ1) is 8.60. The number of ether oxygens (including phenoxy) is 1. The minimum atomic E-state index is 0.489. The summed E-state index contributed by atoms with van der Waals surface area (Å²) < 4.78 is 6.77. The van der Waals surface area contributed by atoms with Gasteiger partial charge in [-0.3, -0.25) is 0 Å². The topological polar surface area (TPSA) is 35.2 Å². The van der Waals surface area contributed by atoms with Crippen LogP contribution in [0.25, 0.3) is 0 Å². The largest absolute Gasteiger partial charge is 0.455 e. The molecule has 2 nitrogen and oxygen atoms in total. The molecule has 0 aromatic heterocycles. The van der Waals surface area contributed by atoms with Crippen molar-refractivity contribution < 1.29 is 4.74 Å². The second kappa shape index (κ2) is 5.74. The lowest BCUT2D eigenvalue weighted by atomic mass is 10.1. The summed E-state index contributed by atoms with van der Waals surface area (Å²) in [5.74, 6) is 1.40. The Labute approximate surface area is 120 Å². The summed E-state index contributed by atoms with van der Waals surface area (Å²) in [5, 5.41) is 0.579. The second-order valence-electron chi connectivity index (χ2n) is 3.98. The Bertz CT molecular complexity index is 572. The highest BCUT2D eigenvalue weighted by Crippen LogP contribution is 2.33. The molecule has 0 spiro atoms. The van der Waals surface area contributed by atoms with Crippen LogP contribution >= 0.6 is 27.5 Å². The van der Waals surface area contributed by atoms with E-state index in [1.807, 2.05) is 37.3 Å². The Morgan fingerprint density at radius 2 is 1.94 bits per heavy atom. The lowest BCUT2D eigenvalue weighted by Gasteiger charge is -2.11. The molecular weight excluding hydrogens is 314 g/mol. The van der Waals surface area contributed by atoms with Crippen molar-refractivity contribution in [3.8, 4) is 11.5 Å². The van der Waals surface area contributed by atoms with E-state index in [-0.39, 0.29) is 0 Å². The van der Waals surface area contributed by atoms with Crippen molar-refractivity contribution in [1.82, 2.24) is 0 Å². The predicted molar refractivity (Wildman–Crippen MR) is 78.3 cm³/mol. The third kappa shape index (κ3) is 3.05. The Morgan fingerprint density at radius 3 is 2.67 bits per heavy atom. The van der Waals surface area contributed by atoms with E-state index in [1.165, 1.54) is 0 Å². The van der Waals surface area contributed by atoms with Crippen molar-refractivity contribution in [1.29, 1.82) is 0 Å². The zero-order chi connectivity index (χ0) is 13.1. The number of aryl methyl sites for hydroxylation is 1. The smallest absolute Gasteiger partial charge is 0.147 e. The van der Waals surface area contributed by atoms with Gasteiger partial charge in [-0.15, -0.1) is 0 Å². The van der Waals surface area contributed by atoms with Gasteiger partial charge in [-0.2, -0.15) is 0 Å².